The zero-order valence-corrected chi connectivity index (χ0v) is 15.3. The Morgan fingerprint density at radius 3 is 2.75 bits per heavy atom. The van der Waals surface area contributed by atoms with Gasteiger partial charge in [-0.25, -0.2) is 4.39 Å². The minimum absolute atomic E-state index is 0.0514. The van der Waals surface area contributed by atoms with Crippen LogP contribution in [0, 0.1) is 17.7 Å². The number of hydrogen-bond donors (Lipinski definition) is 5. The minimum atomic E-state index is -1.36. The van der Waals surface area contributed by atoms with Crippen molar-refractivity contribution in [2.75, 3.05) is 12.4 Å². The molecular weight excluding hydrogens is 365 g/mol. The monoisotopic (exact) mass is 385 g/mol. The van der Waals surface area contributed by atoms with Gasteiger partial charge in [-0.3, -0.25) is 4.79 Å². The molecule has 1 amide bonds. The molecule has 3 rings (SSSR count). The maximum absolute atomic E-state index is 14.5. The predicted molar refractivity (Wildman–Crippen MR) is 103 cm³/mol. The van der Waals surface area contributed by atoms with E-state index in [-0.39, 0.29) is 16.7 Å². The number of nitrogens with one attached hydrogen (secondary N) is 2. The molecule has 1 aliphatic rings. The highest BCUT2D eigenvalue weighted by atomic mass is 19.1. The summed E-state index contributed by atoms with van der Waals surface area (Å²) < 4.78 is 19.7. The van der Waals surface area contributed by atoms with Gasteiger partial charge in [0.05, 0.1) is 41.8 Å². The first kappa shape index (κ1) is 19.6. The van der Waals surface area contributed by atoms with E-state index in [2.05, 4.69) is 22.1 Å². The van der Waals surface area contributed by atoms with Crippen LogP contribution in [0.1, 0.15) is 23.7 Å². The molecule has 28 heavy (non-hydrogen) atoms. The Bertz CT molecular complexity index is 1000. The molecule has 8 heteroatoms. The standard InChI is InChI=1S/C20H20FN3O4/c1-10(25)19(22)16(26)6-3-11-13(21)4-5-14-18(11)12(20(27)24-14)9-15-17(28-2)7-8-23-15/h4-5,7-10,16,19,23,25-26H,22H2,1-2H3,(H,24,27)/t10-,16-,19+/m1/s1. The van der Waals surface area contributed by atoms with E-state index in [9.17, 15) is 19.4 Å². The average molecular weight is 385 g/mol. The number of anilines is 1. The van der Waals surface area contributed by atoms with Crippen LogP contribution < -0.4 is 15.8 Å². The van der Waals surface area contributed by atoms with Crippen molar-refractivity contribution in [2.45, 2.75) is 25.2 Å². The number of halogens is 1. The molecule has 0 unspecified atom stereocenters. The largest absolute Gasteiger partial charge is 0.495 e. The van der Waals surface area contributed by atoms with E-state index in [1.165, 1.54) is 26.2 Å². The number of aromatic nitrogens is 1. The van der Waals surface area contributed by atoms with Crippen molar-refractivity contribution >= 4 is 23.2 Å². The molecule has 1 aromatic carbocycles. The first-order valence-electron chi connectivity index (χ1n) is 8.54. The average Bonchev–Trinajstić information content (AvgIpc) is 3.24. The van der Waals surface area contributed by atoms with Gasteiger partial charge in [-0.1, -0.05) is 11.8 Å². The fourth-order valence-corrected chi connectivity index (χ4v) is 2.83. The number of ether oxygens (including phenoxy) is 1. The van der Waals surface area contributed by atoms with Crippen LogP contribution in [0.4, 0.5) is 10.1 Å². The first-order chi connectivity index (χ1) is 13.3. The molecule has 3 atom stereocenters. The molecule has 0 bridgehead atoms. The van der Waals surface area contributed by atoms with Gasteiger partial charge in [-0.2, -0.15) is 0 Å². The molecule has 0 fully saturated rings. The summed E-state index contributed by atoms with van der Waals surface area (Å²) in [5.41, 5.74) is 7.04. The van der Waals surface area contributed by atoms with Crippen molar-refractivity contribution in [3.63, 3.8) is 0 Å². The number of rotatable bonds is 4. The van der Waals surface area contributed by atoms with Crippen LogP contribution in [0.5, 0.6) is 5.75 Å². The normalized spacial score (nSPS) is 17.4. The van der Waals surface area contributed by atoms with E-state index in [1.807, 2.05) is 0 Å². The Hall–Kier alpha value is -3.12. The second-order valence-electron chi connectivity index (χ2n) is 6.35. The number of carbonyl (C=O) groups excluding carboxylic acids is 1. The molecule has 0 spiro atoms. The lowest BCUT2D eigenvalue weighted by molar-refractivity contribution is -0.110. The third-order valence-corrected chi connectivity index (χ3v) is 4.43. The van der Waals surface area contributed by atoms with Gasteiger partial charge in [0, 0.05) is 11.8 Å². The highest BCUT2D eigenvalue weighted by molar-refractivity contribution is 6.35. The summed E-state index contributed by atoms with van der Waals surface area (Å²) >= 11 is 0. The predicted octanol–water partition coefficient (Wildman–Crippen LogP) is 1.08. The minimum Gasteiger partial charge on any atom is -0.495 e. The molecule has 0 radical (unpaired) electrons. The number of aliphatic hydroxyl groups excluding tert-OH is 2. The van der Waals surface area contributed by atoms with Gasteiger partial charge in [-0.05, 0) is 31.2 Å². The van der Waals surface area contributed by atoms with E-state index in [4.69, 9.17) is 10.5 Å². The van der Waals surface area contributed by atoms with Crippen molar-refractivity contribution in [1.82, 2.24) is 4.98 Å². The van der Waals surface area contributed by atoms with Crippen molar-refractivity contribution in [3.05, 3.63) is 47.0 Å². The van der Waals surface area contributed by atoms with Gasteiger partial charge in [0.1, 0.15) is 17.7 Å². The molecule has 1 aromatic heterocycles. The second kappa shape index (κ2) is 7.86. The highest BCUT2D eigenvalue weighted by Crippen LogP contribution is 2.37. The maximum atomic E-state index is 14.5. The van der Waals surface area contributed by atoms with Crippen LogP contribution in [0.15, 0.2) is 24.4 Å². The number of carbonyl (C=O) groups is 1. The zero-order chi connectivity index (χ0) is 20.4. The number of nitrogens with two attached hydrogens (primary N) is 1. The smallest absolute Gasteiger partial charge is 0.256 e. The SMILES string of the molecule is COc1cc[nH]c1C=C1C(=O)Nc2ccc(F)c(C#C[C@@H](O)[C@@H](N)[C@@H](C)O)c21. The van der Waals surface area contributed by atoms with Crippen LogP contribution in [0.2, 0.25) is 0 Å². The third kappa shape index (κ3) is 3.64. The van der Waals surface area contributed by atoms with Crippen LogP contribution in [-0.4, -0.2) is 46.5 Å². The lowest BCUT2D eigenvalue weighted by Gasteiger charge is -2.16. The van der Waals surface area contributed by atoms with Gasteiger partial charge in [0.25, 0.3) is 5.91 Å². The van der Waals surface area contributed by atoms with Gasteiger partial charge in [-0.15, -0.1) is 0 Å². The molecule has 1 aliphatic heterocycles. The van der Waals surface area contributed by atoms with Gasteiger partial charge < -0.3 is 31.0 Å². The molecule has 0 saturated carbocycles. The Balaban J connectivity index is 2.09. The molecule has 0 saturated heterocycles. The number of amides is 1. The number of aliphatic hydroxyl groups is 2. The Kier molecular flexibility index (Phi) is 5.51. The number of fused-ring (bicyclic) bond motifs is 1. The fourth-order valence-electron chi connectivity index (χ4n) is 2.83. The van der Waals surface area contributed by atoms with Gasteiger partial charge in [0.15, 0.2) is 0 Å². The van der Waals surface area contributed by atoms with E-state index in [0.29, 0.717) is 17.1 Å². The lowest BCUT2D eigenvalue weighted by atomic mass is 9.98. The van der Waals surface area contributed by atoms with E-state index >= 15 is 0 Å². The number of H-pyrrole nitrogens is 1. The van der Waals surface area contributed by atoms with Crippen LogP contribution in [0.3, 0.4) is 0 Å². The van der Waals surface area contributed by atoms with E-state index in [1.54, 1.807) is 18.3 Å². The molecule has 7 nitrogen and oxygen atoms in total. The summed E-state index contributed by atoms with van der Waals surface area (Å²) in [6, 6.07) is 3.31. The van der Waals surface area contributed by atoms with Crippen LogP contribution in [-0.2, 0) is 4.79 Å². The summed E-state index contributed by atoms with van der Waals surface area (Å²) in [5, 5.41) is 22.1. The van der Waals surface area contributed by atoms with Gasteiger partial charge in [0.2, 0.25) is 0 Å². The van der Waals surface area contributed by atoms with Crippen molar-refractivity contribution in [1.29, 1.82) is 0 Å². The summed E-state index contributed by atoms with van der Waals surface area (Å²) in [4.78, 5) is 15.4. The third-order valence-electron chi connectivity index (χ3n) is 4.43. The van der Waals surface area contributed by atoms with Gasteiger partial charge >= 0.3 is 0 Å². The topological polar surface area (TPSA) is 121 Å². The fraction of sp³-hybridized carbons (Fsp3) is 0.250. The first-order valence-corrected chi connectivity index (χ1v) is 8.54. The molecule has 0 aliphatic carbocycles. The summed E-state index contributed by atoms with van der Waals surface area (Å²) in [6.07, 6.45) is 0.840. The Morgan fingerprint density at radius 2 is 2.07 bits per heavy atom. The summed E-state index contributed by atoms with van der Waals surface area (Å²) in [7, 11) is 1.50. The second-order valence-corrected chi connectivity index (χ2v) is 6.35. The molecule has 6 N–H and O–H groups in total. The molecular formula is C20H20FN3O4. The van der Waals surface area contributed by atoms with Crippen molar-refractivity contribution < 1.29 is 24.1 Å². The van der Waals surface area contributed by atoms with Crippen LogP contribution in [0.25, 0.3) is 11.6 Å². The highest BCUT2D eigenvalue weighted by Gasteiger charge is 2.29. The van der Waals surface area contributed by atoms with E-state index < -0.39 is 30.0 Å². The maximum Gasteiger partial charge on any atom is 0.256 e. The lowest BCUT2D eigenvalue weighted by Crippen LogP contribution is -2.42. The molecule has 2 aromatic rings. The zero-order valence-electron chi connectivity index (χ0n) is 15.3. The number of methoxy groups -OCH3 is 1. The van der Waals surface area contributed by atoms with Crippen molar-refractivity contribution in [2.24, 2.45) is 5.73 Å². The molecule has 146 valence electrons. The Labute approximate surface area is 161 Å². The quantitative estimate of drug-likeness (QED) is 0.398. The molecule has 2 heterocycles. The number of benzene rings is 1. The van der Waals surface area contributed by atoms with Crippen LogP contribution >= 0.6 is 0 Å². The number of aromatic amines is 1. The summed E-state index contributed by atoms with van der Waals surface area (Å²) in [6.45, 7) is 1.42. The van der Waals surface area contributed by atoms with Crippen molar-refractivity contribution in [3.8, 4) is 17.6 Å². The Morgan fingerprint density at radius 1 is 1.32 bits per heavy atom. The summed E-state index contributed by atoms with van der Waals surface area (Å²) in [5.74, 6) is 4.48. The van der Waals surface area contributed by atoms with E-state index in [0.717, 1.165) is 0 Å². The number of hydrogen-bond acceptors (Lipinski definition) is 5.